The summed E-state index contributed by atoms with van der Waals surface area (Å²) >= 11 is 3.21. The monoisotopic (exact) mass is 304 g/mol. The molecule has 0 atom stereocenters. The molecule has 0 radical (unpaired) electrons. The van der Waals surface area contributed by atoms with Crippen LogP contribution in [0.4, 0.5) is 11.8 Å². The topological polar surface area (TPSA) is 77.8 Å². The van der Waals surface area contributed by atoms with Crippen LogP contribution in [0.15, 0.2) is 40.0 Å². The molecule has 4 nitrogen and oxygen atoms in total. The predicted molar refractivity (Wildman–Crippen MR) is 89.9 cm³/mol. The molecule has 0 aliphatic carbocycles. The van der Waals surface area contributed by atoms with Gasteiger partial charge in [-0.3, -0.25) is 0 Å². The van der Waals surface area contributed by atoms with E-state index in [1.807, 2.05) is 38.2 Å². The van der Waals surface area contributed by atoms with Crippen LogP contribution in [0.5, 0.6) is 0 Å². The number of nitrogens with two attached hydrogens (primary N) is 2. The zero-order chi connectivity index (χ0) is 14.7. The van der Waals surface area contributed by atoms with Gasteiger partial charge in [0, 0.05) is 4.91 Å². The van der Waals surface area contributed by atoms with Crippen molar-refractivity contribution >= 4 is 45.1 Å². The molecule has 2 heterocycles. The summed E-state index contributed by atoms with van der Waals surface area (Å²) in [6.07, 6.45) is 7.81. The number of hydrogen-bond acceptors (Lipinski definition) is 6. The van der Waals surface area contributed by atoms with E-state index in [4.69, 9.17) is 11.5 Å². The summed E-state index contributed by atoms with van der Waals surface area (Å²) in [7, 11) is 0. The number of allylic oxidation sites excluding steroid dienone is 4. The molecule has 0 bridgehead atoms. The van der Waals surface area contributed by atoms with Crippen molar-refractivity contribution < 1.29 is 0 Å². The maximum absolute atomic E-state index is 5.94. The van der Waals surface area contributed by atoms with Crippen LogP contribution in [-0.2, 0) is 0 Å². The first kappa shape index (κ1) is 14.6. The molecule has 0 amide bonds. The van der Waals surface area contributed by atoms with Crippen LogP contribution in [0.1, 0.15) is 12.5 Å². The molecule has 0 saturated heterocycles. The highest BCUT2D eigenvalue weighted by molar-refractivity contribution is 8.05. The molecule has 2 rings (SSSR count). The van der Waals surface area contributed by atoms with Crippen molar-refractivity contribution in [2.24, 2.45) is 0 Å². The fourth-order valence-electron chi connectivity index (χ4n) is 1.71. The fraction of sp³-hybridized carbons (Fsp3) is 0.143. The first-order valence-electron chi connectivity index (χ1n) is 6.02. The summed E-state index contributed by atoms with van der Waals surface area (Å²) in [5.41, 5.74) is 12.7. The highest BCUT2D eigenvalue weighted by Crippen LogP contribution is 2.41. The lowest BCUT2D eigenvalue weighted by Crippen LogP contribution is -1.99. The Morgan fingerprint density at radius 3 is 2.75 bits per heavy atom. The molecule has 0 unspecified atom stereocenters. The van der Waals surface area contributed by atoms with Crippen molar-refractivity contribution in [3.63, 3.8) is 0 Å². The van der Waals surface area contributed by atoms with Gasteiger partial charge in [0.25, 0.3) is 0 Å². The van der Waals surface area contributed by atoms with Crippen LogP contribution in [0.3, 0.4) is 0 Å². The van der Waals surface area contributed by atoms with Gasteiger partial charge in [0.05, 0.1) is 9.60 Å². The van der Waals surface area contributed by atoms with E-state index >= 15 is 0 Å². The lowest BCUT2D eigenvalue weighted by Gasteiger charge is -2.00. The van der Waals surface area contributed by atoms with Gasteiger partial charge in [-0.1, -0.05) is 36.6 Å². The Morgan fingerprint density at radius 1 is 1.35 bits per heavy atom. The van der Waals surface area contributed by atoms with Gasteiger partial charge >= 0.3 is 0 Å². The number of rotatable bonds is 4. The van der Waals surface area contributed by atoms with Crippen LogP contribution in [0, 0.1) is 6.92 Å². The first-order chi connectivity index (χ1) is 9.56. The van der Waals surface area contributed by atoms with Gasteiger partial charge in [-0.15, -0.1) is 11.3 Å². The number of nitrogens with zero attached hydrogens (tertiary/aromatic N) is 2. The van der Waals surface area contributed by atoms with Gasteiger partial charge < -0.3 is 11.5 Å². The average Bonchev–Trinajstić information content (AvgIpc) is 2.70. The van der Waals surface area contributed by atoms with Gasteiger partial charge in [0.15, 0.2) is 0 Å². The molecular weight excluding hydrogens is 288 g/mol. The number of aromatic nitrogens is 2. The van der Waals surface area contributed by atoms with E-state index < -0.39 is 0 Å². The number of thiophene rings is 1. The third kappa shape index (κ3) is 2.86. The van der Waals surface area contributed by atoms with E-state index in [0.29, 0.717) is 5.82 Å². The Bertz CT molecular complexity index is 714. The van der Waals surface area contributed by atoms with E-state index in [1.165, 1.54) is 0 Å². The van der Waals surface area contributed by atoms with Crippen LogP contribution in [-0.4, -0.2) is 9.97 Å². The Morgan fingerprint density at radius 2 is 2.10 bits per heavy atom. The van der Waals surface area contributed by atoms with E-state index in [1.54, 1.807) is 23.1 Å². The quantitative estimate of drug-likeness (QED) is 0.661. The third-order valence-corrected chi connectivity index (χ3v) is 5.17. The molecule has 2 aromatic heterocycles. The number of fused-ring (bicyclic) bond motifs is 1. The molecule has 0 aliphatic rings. The van der Waals surface area contributed by atoms with Crippen LogP contribution in [0.2, 0.25) is 0 Å². The van der Waals surface area contributed by atoms with Crippen molar-refractivity contribution in [2.75, 3.05) is 11.5 Å². The molecule has 2 aromatic rings. The number of anilines is 2. The zero-order valence-electron chi connectivity index (χ0n) is 11.4. The minimum absolute atomic E-state index is 0.209. The summed E-state index contributed by atoms with van der Waals surface area (Å²) in [6, 6.07) is 0. The maximum atomic E-state index is 5.94. The van der Waals surface area contributed by atoms with Gasteiger partial charge in [0.2, 0.25) is 5.95 Å². The zero-order valence-corrected chi connectivity index (χ0v) is 13.0. The third-order valence-electron chi connectivity index (χ3n) is 2.66. The van der Waals surface area contributed by atoms with Crippen LogP contribution < -0.4 is 11.5 Å². The molecule has 0 aliphatic heterocycles. The molecule has 4 N–H and O–H groups in total. The molecule has 0 fully saturated rings. The van der Waals surface area contributed by atoms with Crippen molar-refractivity contribution in [3.05, 3.63) is 41.4 Å². The summed E-state index contributed by atoms with van der Waals surface area (Å²) in [6.45, 7) is 7.83. The SMILES string of the molecule is C=C/C(=C\C=C/C)Sc1sc2nc(N)nc(N)c2c1C. The molecule has 0 aromatic carbocycles. The van der Waals surface area contributed by atoms with Gasteiger partial charge in [-0.25, -0.2) is 4.98 Å². The standard InChI is InChI=1S/C14H16N4S2/c1-4-6-7-9(5-2)19-13-8(3)10-11(15)17-14(16)18-12(10)20-13/h4-7H,2H2,1,3H3,(H4,15,16,17,18)/b6-4-,9-7+. The summed E-state index contributed by atoms with van der Waals surface area (Å²) in [4.78, 5) is 10.2. The van der Waals surface area contributed by atoms with E-state index in [-0.39, 0.29) is 5.95 Å². The molecule has 0 spiro atoms. The molecule has 6 heteroatoms. The lowest BCUT2D eigenvalue weighted by molar-refractivity contribution is 1.25. The summed E-state index contributed by atoms with van der Waals surface area (Å²) in [5, 5.41) is 0.890. The van der Waals surface area contributed by atoms with Gasteiger partial charge in [-0.2, -0.15) is 4.98 Å². The normalized spacial score (nSPS) is 12.4. The van der Waals surface area contributed by atoms with E-state index in [2.05, 4.69) is 16.5 Å². The van der Waals surface area contributed by atoms with Crippen LogP contribution in [0.25, 0.3) is 10.2 Å². The highest BCUT2D eigenvalue weighted by atomic mass is 32.2. The second-order valence-corrected chi connectivity index (χ2v) is 6.40. The average molecular weight is 304 g/mol. The van der Waals surface area contributed by atoms with Gasteiger partial charge in [0.1, 0.15) is 10.6 Å². The number of aryl methyl sites for hydroxylation is 1. The Balaban J connectivity index is 2.48. The van der Waals surface area contributed by atoms with Gasteiger partial charge in [-0.05, 0) is 25.5 Å². The smallest absolute Gasteiger partial charge is 0.223 e. The highest BCUT2D eigenvalue weighted by Gasteiger charge is 2.15. The minimum atomic E-state index is 0.209. The predicted octanol–water partition coefficient (Wildman–Crippen LogP) is 3.90. The molecule has 104 valence electrons. The number of hydrogen-bond donors (Lipinski definition) is 2. The van der Waals surface area contributed by atoms with E-state index in [9.17, 15) is 0 Å². The number of nitrogen functional groups attached to an aromatic ring is 2. The first-order valence-corrected chi connectivity index (χ1v) is 7.65. The van der Waals surface area contributed by atoms with Crippen molar-refractivity contribution in [3.8, 4) is 0 Å². The Labute approximate surface area is 126 Å². The maximum Gasteiger partial charge on any atom is 0.223 e. The van der Waals surface area contributed by atoms with Crippen molar-refractivity contribution in [1.82, 2.24) is 9.97 Å². The largest absolute Gasteiger partial charge is 0.383 e. The fourth-order valence-corrected chi connectivity index (χ4v) is 4.03. The van der Waals surface area contributed by atoms with Crippen molar-refractivity contribution in [2.45, 2.75) is 18.1 Å². The minimum Gasteiger partial charge on any atom is -0.383 e. The molecular formula is C14H16N4S2. The number of thioether (sulfide) groups is 1. The second-order valence-electron chi connectivity index (χ2n) is 4.06. The summed E-state index contributed by atoms with van der Waals surface area (Å²) < 4.78 is 1.13. The van der Waals surface area contributed by atoms with Crippen LogP contribution >= 0.6 is 23.1 Å². The van der Waals surface area contributed by atoms with E-state index in [0.717, 1.165) is 24.9 Å². The summed E-state index contributed by atoms with van der Waals surface area (Å²) in [5.74, 6) is 0.645. The second kappa shape index (κ2) is 6.11. The molecule has 20 heavy (non-hydrogen) atoms. The Kier molecular flexibility index (Phi) is 4.46. The molecule has 0 saturated carbocycles. The Hall–Kier alpha value is -1.79. The lowest BCUT2D eigenvalue weighted by atomic mass is 10.2. The van der Waals surface area contributed by atoms with Crippen molar-refractivity contribution in [1.29, 1.82) is 0 Å².